The molecule has 0 bridgehead atoms. The molecule has 0 radical (unpaired) electrons. The van der Waals surface area contributed by atoms with Gasteiger partial charge in [0.05, 0.1) is 0 Å². The fraction of sp³-hybridized carbons (Fsp3) is 0.407. The van der Waals surface area contributed by atoms with Crippen molar-refractivity contribution in [1.82, 2.24) is 9.88 Å². The van der Waals surface area contributed by atoms with Crippen molar-refractivity contribution in [2.75, 3.05) is 19.6 Å². The number of pyridine rings is 1. The summed E-state index contributed by atoms with van der Waals surface area (Å²) in [5, 5.41) is 0. The van der Waals surface area contributed by atoms with Gasteiger partial charge in [0.1, 0.15) is 11.5 Å². The predicted octanol–water partition coefficient (Wildman–Crippen LogP) is 5.73. The molecule has 2 aromatic heterocycles. The minimum atomic E-state index is 0.266. The van der Waals surface area contributed by atoms with Crippen molar-refractivity contribution in [3.8, 4) is 22.5 Å². The van der Waals surface area contributed by atoms with E-state index in [0.29, 0.717) is 12.3 Å². The summed E-state index contributed by atoms with van der Waals surface area (Å²) < 4.78 is 6.58. The van der Waals surface area contributed by atoms with Gasteiger partial charge in [-0.05, 0) is 73.9 Å². The normalized spacial score (nSPS) is 21.4. The molecule has 1 atom stereocenters. The molecule has 2 fully saturated rings. The summed E-state index contributed by atoms with van der Waals surface area (Å²) in [6, 6.07) is 12.6. The molecule has 1 aliphatic heterocycles. The molecule has 31 heavy (non-hydrogen) atoms. The second kappa shape index (κ2) is 7.76. The van der Waals surface area contributed by atoms with Crippen molar-refractivity contribution in [2.45, 2.75) is 44.4 Å². The second-order valence-electron chi connectivity index (χ2n) is 9.46. The Bertz CT molecular complexity index is 1110. The minimum absolute atomic E-state index is 0.266. The van der Waals surface area contributed by atoms with Crippen LogP contribution in [0.4, 0.5) is 0 Å². The Morgan fingerprint density at radius 1 is 0.968 bits per heavy atom. The molecule has 1 saturated heterocycles. The molecule has 3 aromatic rings. The van der Waals surface area contributed by atoms with Crippen molar-refractivity contribution < 1.29 is 9.21 Å². The van der Waals surface area contributed by atoms with E-state index in [-0.39, 0.29) is 5.78 Å². The van der Waals surface area contributed by atoms with Crippen LogP contribution in [0.15, 0.2) is 53.2 Å². The van der Waals surface area contributed by atoms with E-state index in [9.17, 15) is 4.79 Å². The highest BCUT2D eigenvalue weighted by Gasteiger charge is 2.30. The quantitative estimate of drug-likeness (QED) is 0.537. The van der Waals surface area contributed by atoms with Gasteiger partial charge in [0, 0.05) is 54.5 Å². The summed E-state index contributed by atoms with van der Waals surface area (Å²) in [5.74, 6) is 3.65. The number of hydrogen-bond donors (Lipinski definition) is 0. The topological polar surface area (TPSA) is 46.3 Å². The number of ketones is 1. The van der Waals surface area contributed by atoms with Gasteiger partial charge < -0.3 is 9.32 Å². The number of carbonyl (C=O) groups excluding carboxylic acids is 1. The van der Waals surface area contributed by atoms with Crippen molar-refractivity contribution in [1.29, 1.82) is 0 Å². The average molecular weight is 413 g/mol. The Labute approximate surface area is 183 Å². The maximum absolute atomic E-state index is 12.1. The van der Waals surface area contributed by atoms with E-state index in [1.54, 1.807) is 0 Å². The summed E-state index contributed by atoms with van der Waals surface area (Å²) in [6.45, 7) is 3.56. The first-order valence-corrected chi connectivity index (χ1v) is 11.7. The molecule has 6 rings (SSSR count). The monoisotopic (exact) mass is 412 g/mol. The molecule has 2 aliphatic carbocycles. The lowest BCUT2D eigenvalue weighted by molar-refractivity contribution is 0.0994. The molecular weight excluding hydrogens is 384 g/mol. The zero-order valence-electron chi connectivity index (χ0n) is 17.8. The number of hydrogen-bond acceptors (Lipinski definition) is 4. The maximum atomic E-state index is 12.1. The molecule has 0 amide bonds. The summed E-state index contributed by atoms with van der Waals surface area (Å²) in [5.41, 5.74) is 5.38. The zero-order chi connectivity index (χ0) is 20.8. The van der Waals surface area contributed by atoms with Crippen LogP contribution in [0.25, 0.3) is 22.5 Å². The van der Waals surface area contributed by atoms with Gasteiger partial charge in [-0.25, -0.2) is 0 Å². The lowest BCUT2D eigenvalue weighted by Crippen LogP contribution is -2.35. The number of fused-ring (bicyclic) bond motifs is 1. The van der Waals surface area contributed by atoms with E-state index in [2.05, 4.69) is 28.1 Å². The Morgan fingerprint density at radius 3 is 2.68 bits per heavy atom. The summed E-state index contributed by atoms with van der Waals surface area (Å²) in [7, 11) is 0. The number of nitrogens with zero attached hydrogens (tertiary/aromatic N) is 2. The smallest absolute Gasteiger partial charge is 0.163 e. The number of piperidine rings is 1. The highest BCUT2D eigenvalue weighted by atomic mass is 16.3. The highest BCUT2D eigenvalue weighted by molar-refractivity contribution is 6.01. The Kier molecular flexibility index (Phi) is 4.76. The molecule has 4 nitrogen and oxygen atoms in total. The van der Waals surface area contributed by atoms with Crippen LogP contribution in [0, 0.1) is 5.92 Å². The summed E-state index contributed by atoms with van der Waals surface area (Å²) in [6.07, 6.45) is 10.3. The fourth-order valence-electron chi connectivity index (χ4n) is 5.29. The second-order valence-corrected chi connectivity index (χ2v) is 9.46. The first kappa shape index (κ1) is 19.0. The molecular formula is C27H28N2O2. The maximum Gasteiger partial charge on any atom is 0.163 e. The summed E-state index contributed by atoms with van der Waals surface area (Å²) in [4.78, 5) is 18.9. The molecule has 1 saturated carbocycles. The zero-order valence-corrected chi connectivity index (χ0v) is 17.8. The van der Waals surface area contributed by atoms with E-state index in [1.165, 1.54) is 44.3 Å². The number of benzene rings is 1. The Morgan fingerprint density at radius 2 is 1.84 bits per heavy atom. The molecule has 4 heteroatoms. The molecule has 158 valence electrons. The lowest BCUT2D eigenvalue weighted by Gasteiger charge is -2.31. The van der Waals surface area contributed by atoms with Gasteiger partial charge in [-0.15, -0.1) is 0 Å². The highest BCUT2D eigenvalue weighted by Crippen LogP contribution is 2.41. The van der Waals surface area contributed by atoms with Gasteiger partial charge in [-0.3, -0.25) is 9.78 Å². The third-order valence-corrected chi connectivity index (χ3v) is 7.15. The van der Waals surface area contributed by atoms with E-state index >= 15 is 0 Å². The van der Waals surface area contributed by atoms with Crippen LogP contribution in [0.1, 0.15) is 59.7 Å². The SMILES string of the molecule is O=C1CCc2cc(-c3cc(C4CCCN(CC5CC5)C4)oc3-c3ccncc3)ccc21. The number of likely N-dealkylation sites (tertiary alicyclic amines) is 1. The van der Waals surface area contributed by atoms with Crippen LogP contribution in [-0.4, -0.2) is 35.3 Å². The standard InChI is InChI=1S/C27H28N2O2/c30-25-8-6-20-14-21(5-7-23(20)25)24-15-26(31-27(24)19-9-11-28-12-10-19)22-2-1-13-29(17-22)16-18-3-4-18/h5,7,9-12,14-15,18,22H,1-4,6,8,13,16-17H2. The average Bonchev–Trinajstić information content (AvgIpc) is 3.38. The van der Waals surface area contributed by atoms with Crippen molar-refractivity contribution in [3.63, 3.8) is 0 Å². The fourth-order valence-corrected chi connectivity index (χ4v) is 5.29. The van der Waals surface area contributed by atoms with Gasteiger partial charge in [0.25, 0.3) is 0 Å². The third-order valence-electron chi connectivity index (χ3n) is 7.15. The minimum Gasteiger partial charge on any atom is -0.460 e. The van der Waals surface area contributed by atoms with E-state index in [4.69, 9.17) is 4.42 Å². The molecule has 3 aliphatic rings. The van der Waals surface area contributed by atoms with E-state index in [1.807, 2.05) is 30.6 Å². The number of furan rings is 1. The molecule has 1 unspecified atom stereocenters. The van der Waals surface area contributed by atoms with E-state index < -0.39 is 0 Å². The van der Waals surface area contributed by atoms with Crippen LogP contribution >= 0.6 is 0 Å². The van der Waals surface area contributed by atoms with Crippen LogP contribution in [0.5, 0.6) is 0 Å². The number of rotatable bonds is 5. The van der Waals surface area contributed by atoms with Crippen LogP contribution in [0.3, 0.4) is 0 Å². The third kappa shape index (κ3) is 3.74. The van der Waals surface area contributed by atoms with Gasteiger partial charge in [-0.2, -0.15) is 0 Å². The van der Waals surface area contributed by atoms with Crippen LogP contribution in [0.2, 0.25) is 0 Å². The van der Waals surface area contributed by atoms with Crippen molar-refractivity contribution in [3.05, 3.63) is 65.7 Å². The number of aryl methyl sites for hydroxylation is 1. The number of Topliss-reactive ketones (excluding diaryl/α,β-unsaturated/α-hetero) is 1. The Hall–Kier alpha value is -2.72. The molecule has 3 heterocycles. The van der Waals surface area contributed by atoms with Gasteiger partial charge in [0.15, 0.2) is 5.78 Å². The molecule has 0 N–H and O–H groups in total. The van der Waals surface area contributed by atoms with Gasteiger partial charge >= 0.3 is 0 Å². The van der Waals surface area contributed by atoms with Crippen molar-refractivity contribution in [2.24, 2.45) is 5.92 Å². The Balaban J connectivity index is 1.37. The predicted molar refractivity (Wildman–Crippen MR) is 121 cm³/mol. The summed E-state index contributed by atoms with van der Waals surface area (Å²) >= 11 is 0. The van der Waals surface area contributed by atoms with E-state index in [0.717, 1.165) is 52.7 Å². The number of carbonyl (C=O) groups is 1. The van der Waals surface area contributed by atoms with Crippen LogP contribution in [-0.2, 0) is 6.42 Å². The van der Waals surface area contributed by atoms with Gasteiger partial charge in [0.2, 0.25) is 0 Å². The first-order valence-electron chi connectivity index (χ1n) is 11.7. The largest absolute Gasteiger partial charge is 0.460 e. The van der Waals surface area contributed by atoms with Gasteiger partial charge in [-0.1, -0.05) is 18.2 Å². The first-order chi connectivity index (χ1) is 15.2. The van der Waals surface area contributed by atoms with Crippen molar-refractivity contribution >= 4 is 5.78 Å². The number of aromatic nitrogens is 1. The molecule has 1 aromatic carbocycles. The lowest BCUT2D eigenvalue weighted by atomic mass is 9.93. The van der Waals surface area contributed by atoms with Crippen LogP contribution < -0.4 is 0 Å². The molecule has 0 spiro atoms.